The van der Waals surface area contributed by atoms with E-state index in [0.29, 0.717) is 0 Å². The maximum Gasteiger partial charge on any atom is 0.336 e. The number of likely N-dealkylation sites (tertiary alicyclic amines) is 1. The molecule has 0 radical (unpaired) electrons. The van der Waals surface area contributed by atoms with E-state index in [1.165, 1.54) is 12.8 Å². The molecule has 0 aliphatic carbocycles. The molecule has 0 unspecified atom stereocenters. The Balaban J connectivity index is 1.55. The van der Waals surface area contributed by atoms with Gasteiger partial charge in [-0.25, -0.2) is 4.68 Å². The van der Waals surface area contributed by atoms with Crippen LogP contribution in [0.1, 0.15) is 25.7 Å². The number of carbonyl (C=O) groups is 1. The minimum Gasteiger partial charge on any atom is -0.452 e. The Kier molecular flexibility index (Phi) is 4.68. The van der Waals surface area contributed by atoms with Crippen LogP contribution in [0.5, 0.6) is 6.01 Å². The molecule has 1 amide bonds. The maximum atomic E-state index is 12.1. The quantitative estimate of drug-likeness (QED) is 0.867. The van der Waals surface area contributed by atoms with Crippen LogP contribution < -0.4 is 4.74 Å². The van der Waals surface area contributed by atoms with E-state index >= 15 is 0 Å². The largest absolute Gasteiger partial charge is 0.452 e. The zero-order valence-electron chi connectivity index (χ0n) is 12.5. The number of amides is 1. The number of para-hydroxylation sites is 1. The molecule has 6 heteroatoms. The van der Waals surface area contributed by atoms with Crippen molar-refractivity contribution >= 4 is 5.91 Å². The van der Waals surface area contributed by atoms with Crippen LogP contribution >= 0.6 is 0 Å². The number of nitrogens with zero attached hydrogens (tertiary/aromatic N) is 4. The van der Waals surface area contributed by atoms with Crippen molar-refractivity contribution in [3.63, 3.8) is 0 Å². The van der Waals surface area contributed by atoms with Gasteiger partial charge in [0.05, 0.1) is 5.69 Å². The third-order valence-electron chi connectivity index (χ3n) is 3.78. The van der Waals surface area contributed by atoms with Gasteiger partial charge in [-0.1, -0.05) is 31.0 Å². The zero-order valence-corrected chi connectivity index (χ0v) is 12.5. The Labute approximate surface area is 129 Å². The molecule has 0 atom stereocenters. The van der Waals surface area contributed by atoms with Gasteiger partial charge in [-0.2, -0.15) is 4.98 Å². The van der Waals surface area contributed by atoms with Crippen LogP contribution in [-0.4, -0.2) is 45.3 Å². The minimum absolute atomic E-state index is 0.00119. The van der Waals surface area contributed by atoms with Crippen molar-refractivity contribution in [3.8, 4) is 11.7 Å². The molecule has 22 heavy (non-hydrogen) atoms. The summed E-state index contributed by atoms with van der Waals surface area (Å²) in [5.41, 5.74) is 0.906. The Morgan fingerprint density at radius 3 is 2.55 bits per heavy atom. The molecule has 6 nitrogen and oxygen atoms in total. The normalized spacial score (nSPS) is 15.4. The highest BCUT2D eigenvalue weighted by Gasteiger charge is 2.16. The van der Waals surface area contributed by atoms with Crippen molar-refractivity contribution in [3.05, 3.63) is 36.7 Å². The van der Waals surface area contributed by atoms with E-state index in [-0.39, 0.29) is 18.5 Å². The van der Waals surface area contributed by atoms with Gasteiger partial charge in [0.2, 0.25) is 0 Å². The fourth-order valence-corrected chi connectivity index (χ4v) is 2.56. The van der Waals surface area contributed by atoms with Crippen LogP contribution in [-0.2, 0) is 4.79 Å². The van der Waals surface area contributed by atoms with E-state index in [1.807, 2.05) is 35.2 Å². The van der Waals surface area contributed by atoms with Gasteiger partial charge in [-0.3, -0.25) is 4.79 Å². The van der Waals surface area contributed by atoms with E-state index < -0.39 is 0 Å². The predicted molar refractivity (Wildman–Crippen MR) is 81.9 cm³/mol. The van der Waals surface area contributed by atoms with Crippen molar-refractivity contribution in [2.45, 2.75) is 25.7 Å². The first-order valence-corrected chi connectivity index (χ1v) is 7.70. The lowest BCUT2D eigenvalue weighted by Crippen LogP contribution is -2.35. The average Bonchev–Trinajstić information content (AvgIpc) is 2.87. The fourth-order valence-electron chi connectivity index (χ4n) is 2.56. The summed E-state index contributed by atoms with van der Waals surface area (Å²) in [5, 5.41) is 4.23. The monoisotopic (exact) mass is 300 g/mol. The Morgan fingerprint density at radius 1 is 1.09 bits per heavy atom. The molecule has 2 aromatic rings. The summed E-state index contributed by atoms with van der Waals surface area (Å²) < 4.78 is 7.06. The Hall–Kier alpha value is -2.37. The maximum absolute atomic E-state index is 12.1. The first kappa shape index (κ1) is 14.6. The first-order chi connectivity index (χ1) is 10.8. The van der Waals surface area contributed by atoms with Crippen molar-refractivity contribution in [2.75, 3.05) is 19.7 Å². The number of benzene rings is 1. The number of rotatable bonds is 4. The number of hydrogen-bond acceptors (Lipinski definition) is 4. The molecular formula is C16H20N4O2. The zero-order chi connectivity index (χ0) is 15.2. The van der Waals surface area contributed by atoms with Gasteiger partial charge < -0.3 is 9.64 Å². The summed E-state index contributed by atoms with van der Waals surface area (Å²) in [7, 11) is 0. The Morgan fingerprint density at radius 2 is 1.82 bits per heavy atom. The van der Waals surface area contributed by atoms with Gasteiger partial charge in [0, 0.05) is 13.1 Å². The van der Waals surface area contributed by atoms with Crippen LogP contribution in [0.15, 0.2) is 36.7 Å². The van der Waals surface area contributed by atoms with Gasteiger partial charge in [-0.05, 0) is 25.0 Å². The van der Waals surface area contributed by atoms with Crippen molar-refractivity contribution in [1.29, 1.82) is 0 Å². The topological polar surface area (TPSA) is 60.2 Å². The molecule has 0 N–H and O–H groups in total. The smallest absolute Gasteiger partial charge is 0.336 e. The number of ether oxygens (including phenoxy) is 1. The number of aromatic nitrogens is 3. The second-order valence-corrected chi connectivity index (χ2v) is 5.39. The van der Waals surface area contributed by atoms with E-state index in [0.717, 1.165) is 31.6 Å². The fraction of sp³-hybridized carbons (Fsp3) is 0.438. The number of hydrogen-bond donors (Lipinski definition) is 0. The van der Waals surface area contributed by atoms with E-state index in [9.17, 15) is 4.79 Å². The molecule has 1 saturated heterocycles. The standard InChI is InChI=1S/C16H20N4O2/c21-15(19-10-6-1-2-7-11-19)12-22-16-17-13-20(18-16)14-8-4-3-5-9-14/h3-5,8-9,13H,1-2,6-7,10-12H2. The molecule has 1 aliphatic rings. The highest BCUT2D eigenvalue weighted by Crippen LogP contribution is 2.11. The van der Waals surface area contributed by atoms with Gasteiger partial charge in [0.25, 0.3) is 5.91 Å². The van der Waals surface area contributed by atoms with Gasteiger partial charge in [0.1, 0.15) is 6.33 Å². The van der Waals surface area contributed by atoms with Crippen LogP contribution in [0.3, 0.4) is 0 Å². The third-order valence-corrected chi connectivity index (χ3v) is 3.78. The molecule has 1 aliphatic heterocycles. The van der Waals surface area contributed by atoms with Crippen LogP contribution in [0.2, 0.25) is 0 Å². The molecule has 1 fully saturated rings. The summed E-state index contributed by atoms with van der Waals surface area (Å²) in [6.07, 6.45) is 6.14. The first-order valence-electron chi connectivity index (χ1n) is 7.70. The molecule has 0 bridgehead atoms. The van der Waals surface area contributed by atoms with Crippen molar-refractivity contribution < 1.29 is 9.53 Å². The highest BCUT2D eigenvalue weighted by atomic mass is 16.5. The summed E-state index contributed by atoms with van der Waals surface area (Å²) in [6, 6.07) is 9.90. The number of carbonyl (C=O) groups excluding carboxylic acids is 1. The van der Waals surface area contributed by atoms with E-state index in [4.69, 9.17) is 4.74 Å². The average molecular weight is 300 g/mol. The second-order valence-electron chi connectivity index (χ2n) is 5.39. The van der Waals surface area contributed by atoms with Gasteiger partial charge in [0.15, 0.2) is 6.61 Å². The minimum atomic E-state index is -0.00119. The summed E-state index contributed by atoms with van der Waals surface area (Å²) in [4.78, 5) is 18.1. The SMILES string of the molecule is O=C(COc1ncn(-c2ccccc2)n1)N1CCCCCC1. The lowest BCUT2D eigenvalue weighted by molar-refractivity contribution is -0.133. The molecule has 1 aromatic carbocycles. The predicted octanol–water partition coefficient (Wildman–Crippen LogP) is 2.05. The Bertz CT molecular complexity index is 604. The summed E-state index contributed by atoms with van der Waals surface area (Å²) >= 11 is 0. The molecule has 116 valence electrons. The van der Waals surface area contributed by atoms with Gasteiger partial charge in [-0.15, -0.1) is 5.10 Å². The van der Waals surface area contributed by atoms with Crippen molar-refractivity contribution in [1.82, 2.24) is 19.7 Å². The summed E-state index contributed by atoms with van der Waals surface area (Å²) in [6.45, 7) is 1.65. The molecule has 0 saturated carbocycles. The molecule has 2 heterocycles. The van der Waals surface area contributed by atoms with E-state index in [2.05, 4.69) is 10.1 Å². The van der Waals surface area contributed by atoms with E-state index in [1.54, 1.807) is 11.0 Å². The third kappa shape index (κ3) is 3.63. The van der Waals surface area contributed by atoms with Crippen molar-refractivity contribution in [2.24, 2.45) is 0 Å². The lowest BCUT2D eigenvalue weighted by atomic mass is 10.2. The highest BCUT2D eigenvalue weighted by molar-refractivity contribution is 5.77. The molecule has 3 rings (SSSR count). The lowest BCUT2D eigenvalue weighted by Gasteiger charge is -2.19. The van der Waals surface area contributed by atoms with Gasteiger partial charge >= 0.3 is 6.01 Å². The molecule has 0 spiro atoms. The van der Waals surface area contributed by atoms with Crippen LogP contribution in [0.25, 0.3) is 5.69 Å². The second kappa shape index (κ2) is 7.06. The van der Waals surface area contributed by atoms with Crippen LogP contribution in [0.4, 0.5) is 0 Å². The molecule has 1 aromatic heterocycles. The summed E-state index contributed by atoms with van der Waals surface area (Å²) in [5.74, 6) is 0.0120. The molecular weight excluding hydrogens is 280 g/mol. The van der Waals surface area contributed by atoms with Crippen LogP contribution in [0, 0.1) is 0 Å².